The SMILES string of the molecule is CC(=O)NC(CC(=O)OCC(=O)[C@@]12OC(C)(C)O[C@@H]1C[C@H]1[C@@H]3C[C@H](F)C4=CC(=O)C=C[C@]4(C)[C@@]3(F)[C@@H](O)C[C@@]12C)C(=O)OCCCCO[N+](=O)[O-]. The number of carbonyl (C=O) groups excluding carboxylic acids is 5. The van der Waals surface area contributed by atoms with Gasteiger partial charge in [0.15, 0.2) is 29.4 Å². The highest BCUT2D eigenvalue weighted by atomic mass is 19.1. The molecule has 282 valence electrons. The van der Waals surface area contributed by atoms with Crippen LogP contribution >= 0.6 is 0 Å². The second kappa shape index (κ2) is 13.6. The van der Waals surface area contributed by atoms with E-state index in [2.05, 4.69) is 10.2 Å². The number of hydrogen-bond acceptors (Lipinski definition) is 13. The Labute approximate surface area is 292 Å². The Bertz CT molecular complexity index is 1550. The van der Waals surface area contributed by atoms with E-state index in [0.29, 0.717) is 0 Å². The monoisotopic (exact) mass is 726 g/mol. The highest BCUT2D eigenvalue weighted by Crippen LogP contribution is 2.72. The van der Waals surface area contributed by atoms with E-state index < -0.39 is 112 Å². The lowest BCUT2D eigenvalue weighted by molar-refractivity contribution is -0.757. The van der Waals surface area contributed by atoms with Crippen molar-refractivity contribution in [2.24, 2.45) is 22.7 Å². The molecule has 1 saturated heterocycles. The van der Waals surface area contributed by atoms with Crippen molar-refractivity contribution in [1.82, 2.24) is 5.32 Å². The van der Waals surface area contributed by atoms with Crippen LogP contribution in [0, 0.1) is 32.8 Å². The normalized spacial score (nSPS) is 37.8. The Hall–Kier alpha value is -3.83. The molecule has 4 aliphatic carbocycles. The van der Waals surface area contributed by atoms with E-state index in [1.807, 2.05) is 0 Å². The third-order valence-corrected chi connectivity index (χ3v) is 11.4. The Morgan fingerprint density at radius 1 is 1.12 bits per heavy atom. The molecule has 3 saturated carbocycles. The number of Topliss-reactive ketones (excluding diaryl/α,β-unsaturated/α-hetero) is 1. The van der Waals surface area contributed by atoms with Gasteiger partial charge >= 0.3 is 11.9 Å². The number of alkyl halides is 2. The lowest BCUT2D eigenvalue weighted by Gasteiger charge is -2.63. The Morgan fingerprint density at radius 2 is 1.80 bits per heavy atom. The van der Waals surface area contributed by atoms with Crippen molar-refractivity contribution in [3.8, 4) is 0 Å². The lowest BCUT2D eigenvalue weighted by Crippen LogP contribution is -2.71. The minimum Gasteiger partial charge on any atom is -0.464 e. The summed E-state index contributed by atoms with van der Waals surface area (Å²) in [5.41, 5.74) is -7.24. The molecule has 1 aliphatic heterocycles. The zero-order chi connectivity index (χ0) is 37.7. The van der Waals surface area contributed by atoms with Crippen LogP contribution in [0.4, 0.5) is 8.78 Å². The first kappa shape index (κ1) is 38.4. The van der Waals surface area contributed by atoms with Gasteiger partial charge in [0.25, 0.3) is 5.09 Å². The molecular formula is C34H44F2N2O13. The molecular weight excluding hydrogens is 682 g/mol. The molecule has 1 unspecified atom stereocenters. The van der Waals surface area contributed by atoms with Gasteiger partial charge < -0.3 is 34.2 Å². The average molecular weight is 727 g/mol. The number of aliphatic hydroxyl groups excluding tert-OH is 1. The molecule has 0 aromatic heterocycles. The lowest BCUT2D eigenvalue weighted by atomic mass is 9.44. The van der Waals surface area contributed by atoms with Crippen LogP contribution in [0.15, 0.2) is 23.8 Å². The Morgan fingerprint density at radius 3 is 2.47 bits per heavy atom. The van der Waals surface area contributed by atoms with Gasteiger partial charge in [-0.3, -0.25) is 19.2 Å². The minimum atomic E-state index is -2.40. The van der Waals surface area contributed by atoms with E-state index in [1.54, 1.807) is 20.8 Å². The van der Waals surface area contributed by atoms with Gasteiger partial charge in [0, 0.05) is 23.7 Å². The first-order chi connectivity index (χ1) is 23.7. The van der Waals surface area contributed by atoms with Crippen LogP contribution < -0.4 is 5.32 Å². The summed E-state index contributed by atoms with van der Waals surface area (Å²) in [6, 6.07) is -1.47. The van der Waals surface area contributed by atoms with E-state index in [4.69, 9.17) is 18.9 Å². The van der Waals surface area contributed by atoms with Crippen LogP contribution in [0.3, 0.4) is 0 Å². The molecule has 17 heteroatoms. The highest BCUT2D eigenvalue weighted by molar-refractivity contribution is 6.01. The van der Waals surface area contributed by atoms with Gasteiger partial charge in [0.05, 0.1) is 31.8 Å². The van der Waals surface area contributed by atoms with Crippen LogP contribution in [-0.2, 0) is 47.8 Å². The molecule has 0 spiro atoms. The van der Waals surface area contributed by atoms with Gasteiger partial charge in [-0.2, -0.15) is 0 Å². The van der Waals surface area contributed by atoms with E-state index in [9.17, 15) is 39.2 Å². The second-order valence-electron chi connectivity index (χ2n) is 14.9. The molecule has 4 fully saturated rings. The van der Waals surface area contributed by atoms with E-state index in [-0.39, 0.29) is 50.9 Å². The topological polar surface area (TPSA) is 207 Å². The van der Waals surface area contributed by atoms with Gasteiger partial charge in [-0.15, -0.1) is 10.1 Å². The molecule has 15 nitrogen and oxygen atoms in total. The smallest absolute Gasteiger partial charge is 0.329 e. The number of halogens is 2. The fourth-order valence-electron chi connectivity index (χ4n) is 9.34. The Kier molecular flexibility index (Phi) is 10.3. The zero-order valence-electron chi connectivity index (χ0n) is 29.1. The fraction of sp³-hybridized carbons (Fsp3) is 0.735. The van der Waals surface area contributed by atoms with Crippen molar-refractivity contribution >= 4 is 29.4 Å². The number of amides is 1. The number of aliphatic hydroxyl groups is 1. The molecule has 0 aromatic rings. The van der Waals surface area contributed by atoms with Crippen molar-refractivity contribution < 1.29 is 66.7 Å². The number of carbonyl (C=O) groups is 5. The molecule has 5 aliphatic rings. The number of ether oxygens (including phenoxy) is 4. The molecule has 51 heavy (non-hydrogen) atoms. The second-order valence-corrected chi connectivity index (χ2v) is 14.9. The van der Waals surface area contributed by atoms with Crippen molar-refractivity contribution in [3.05, 3.63) is 33.9 Å². The number of nitrogens with zero attached hydrogens (tertiary/aromatic N) is 1. The first-order valence-electron chi connectivity index (χ1n) is 17.0. The standard InChI is InChI=1S/C34H44F2N2O13/c1-18(39)37-24(29(44)47-10-6-7-11-49-38(45)46)15-28(43)48-17-26(42)34-27(50-30(2,3)51-34)14-20-21-13-23(35)22-12-19(40)8-9-31(22,4)33(21,36)25(41)16-32(20,34)5/h8-9,12,20-21,23-25,27,41H,6-7,10-11,13-17H2,1-5H3,(H,37,39)/t20-,21-,23-,24?,25-,27+,31-,32-,33-,34+/m0/s1. The Balaban J connectivity index is 1.32. The first-order valence-corrected chi connectivity index (χ1v) is 17.0. The van der Waals surface area contributed by atoms with Crippen LogP contribution in [-0.4, -0.2) is 101 Å². The predicted molar refractivity (Wildman–Crippen MR) is 168 cm³/mol. The number of rotatable bonds is 13. The van der Waals surface area contributed by atoms with E-state index in [0.717, 1.165) is 13.0 Å². The van der Waals surface area contributed by atoms with E-state index >= 15 is 8.78 Å². The number of fused-ring (bicyclic) bond motifs is 7. The molecule has 2 N–H and O–H groups in total. The maximum Gasteiger partial charge on any atom is 0.329 e. The van der Waals surface area contributed by atoms with Crippen molar-refractivity contribution in [2.45, 2.75) is 115 Å². The number of unbranched alkanes of at least 4 members (excludes halogenated alkanes) is 1. The molecule has 0 radical (unpaired) electrons. The maximum atomic E-state index is 17.6. The summed E-state index contributed by atoms with van der Waals surface area (Å²) >= 11 is 0. The number of nitrogens with one attached hydrogen (secondary N) is 1. The van der Waals surface area contributed by atoms with Crippen LogP contribution in [0.1, 0.15) is 73.1 Å². The van der Waals surface area contributed by atoms with Gasteiger partial charge in [0.2, 0.25) is 11.7 Å². The summed E-state index contributed by atoms with van der Waals surface area (Å²) in [6.07, 6.45) is -1.68. The van der Waals surface area contributed by atoms with Crippen LogP contribution in [0.2, 0.25) is 0 Å². The third-order valence-electron chi connectivity index (χ3n) is 11.4. The van der Waals surface area contributed by atoms with Crippen molar-refractivity contribution in [1.29, 1.82) is 0 Å². The maximum absolute atomic E-state index is 17.6. The zero-order valence-corrected chi connectivity index (χ0v) is 29.1. The summed E-state index contributed by atoms with van der Waals surface area (Å²) in [5, 5.41) is 23.3. The number of ketones is 2. The van der Waals surface area contributed by atoms with Gasteiger partial charge in [-0.05, 0) is 76.5 Å². The van der Waals surface area contributed by atoms with Crippen molar-refractivity contribution in [2.75, 3.05) is 19.8 Å². The predicted octanol–water partition coefficient (Wildman–Crippen LogP) is 2.34. The largest absolute Gasteiger partial charge is 0.464 e. The minimum absolute atomic E-state index is 0.0373. The van der Waals surface area contributed by atoms with E-state index in [1.165, 1.54) is 19.1 Å². The summed E-state index contributed by atoms with van der Waals surface area (Å²) < 4.78 is 56.5. The molecule has 1 heterocycles. The number of hydrogen-bond donors (Lipinski definition) is 2. The van der Waals surface area contributed by atoms with Crippen LogP contribution in [0.25, 0.3) is 0 Å². The highest BCUT2D eigenvalue weighted by Gasteiger charge is 2.80. The summed E-state index contributed by atoms with van der Waals surface area (Å²) in [4.78, 5) is 78.3. The van der Waals surface area contributed by atoms with Crippen molar-refractivity contribution in [3.63, 3.8) is 0 Å². The molecule has 5 rings (SSSR count). The van der Waals surface area contributed by atoms with Gasteiger partial charge in [-0.1, -0.05) is 13.0 Å². The summed E-state index contributed by atoms with van der Waals surface area (Å²) in [5.74, 6) is -7.06. The molecule has 0 bridgehead atoms. The third kappa shape index (κ3) is 6.45. The quantitative estimate of drug-likeness (QED) is 0.121. The van der Waals surface area contributed by atoms with Gasteiger partial charge in [0.1, 0.15) is 12.2 Å². The fourth-order valence-corrected chi connectivity index (χ4v) is 9.34. The van der Waals surface area contributed by atoms with Crippen LogP contribution in [0.5, 0.6) is 0 Å². The average Bonchev–Trinajstić information content (AvgIpc) is 3.44. The molecule has 0 aromatic carbocycles. The summed E-state index contributed by atoms with van der Waals surface area (Å²) in [7, 11) is 0. The molecule has 1 amide bonds. The molecule has 10 atom stereocenters. The number of allylic oxidation sites excluding steroid dienone is 4. The van der Waals surface area contributed by atoms with Gasteiger partial charge in [-0.25, -0.2) is 13.6 Å². The number of esters is 2. The summed E-state index contributed by atoms with van der Waals surface area (Å²) in [6.45, 7) is 6.17.